The van der Waals surface area contributed by atoms with Crippen LogP contribution in [-0.2, 0) is 9.53 Å². The molecule has 0 fully saturated rings. The van der Waals surface area contributed by atoms with E-state index in [0.29, 0.717) is 0 Å². The maximum absolute atomic E-state index is 10.2. The van der Waals surface area contributed by atoms with Crippen LogP contribution in [0.5, 0.6) is 0 Å². The van der Waals surface area contributed by atoms with Crippen LogP contribution in [0.2, 0.25) is 0 Å². The Kier molecular flexibility index (Phi) is 1.44. The fourth-order valence-electron chi connectivity index (χ4n) is 0.401. The number of carbonyl (C=O) groups is 2. The van der Waals surface area contributed by atoms with Crippen molar-refractivity contribution in [2.24, 2.45) is 10.2 Å². The predicted octanol–water partition coefficient (Wildman–Crippen LogP) is 0.515. The van der Waals surface area contributed by atoms with Crippen LogP contribution in [0.4, 0.5) is 4.79 Å². The normalized spacial score (nSPS) is 15.2. The van der Waals surface area contributed by atoms with Crippen molar-refractivity contribution in [3.8, 4) is 0 Å². The molecule has 0 radical (unpaired) electrons. The zero-order chi connectivity index (χ0) is 7.56. The van der Waals surface area contributed by atoms with Crippen molar-refractivity contribution in [1.82, 2.24) is 0 Å². The van der Waals surface area contributed by atoms with E-state index in [-0.39, 0.29) is 5.88 Å². The summed E-state index contributed by atoms with van der Waals surface area (Å²) >= 11 is 0. The summed E-state index contributed by atoms with van der Waals surface area (Å²) in [6, 6.07) is 0. The lowest BCUT2D eigenvalue weighted by molar-refractivity contribution is -0.113. The number of azo groups is 1. The van der Waals surface area contributed by atoms with Crippen LogP contribution in [0.1, 0.15) is 0 Å². The van der Waals surface area contributed by atoms with Crippen LogP contribution in [0.3, 0.4) is 0 Å². The molecular weight excluding hydrogens is 140 g/mol. The molecule has 1 aliphatic rings. The fourth-order valence-corrected chi connectivity index (χ4v) is 0.401. The Labute approximate surface area is 54.8 Å². The molecule has 52 valence electrons. The van der Waals surface area contributed by atoms with Gasteiger partial charge in [-0.25, -0.2) is 4.79 Å². The quantitative estimate of drug-likeness (QED) is 0.540. The van der Waals surface area contributed by atoms with E-state index in [1.54, 1.807) is 0 Å². The molecule has 1 rings (SSSR count). The SMILES string of the molecule is O=C1C=C(OC(=O)O)N=N1. The molecule has 0 aromatic carbocycles. The van der Waals surface area contributed by atoms with Gasteiger partial charge in [0.1, 0.15) is 0 Å². The molecule has 0 unspecified atom stereocenters. The smallest absolute Gasteiger partial charge is 0.449 e. The summed E-state index contributed by atoms with van der Waals surface area (Å²) in [5.41, 5.74) is 0. The van der Waals surface area contributed by atoms with Gasteiger partial charge in [0.05, 0.1) is 6.08 Å². The second-order valence-electron chi connectivity index (χ2n) is 1.39. The number of carbonyl (C=O) groups excluding carboxylic acids is 1. The Balaban J connectivity index is 2.60. The Morgan fingerprint density at radius 2 is 2.30 bits per heavy atom. The molecule has 0 saturated heterocycles. The third kappa shape index (κ3) is 1.38. The van der Waals surface area contributed by atoms with E-state index >= 15 is 0 Å². The van der Waals surface area contributed by atoms with Crippen molar-refractivity contribution in [1.29, 1.82) is 0 Å². The zero-order valence-electron chi connectivity index (χ0n) is 4.64. The van der Waals surface area contributed by atoms with Gasteiger partial charge in [0, 0.05) is 0 Å². The lowest BCUT2D eigenvalue weighted by Gasteiger charge is -1.90. The molecule has 0 spiro atoms. The number of ether oxygens (including phenoxy) is 1. The number of carboxylic acid groups (broad SMARTS) is 1. The Bertz CT molecular complexity index is 242. The average Bonchev–Trinajstić information content (AvgIpc) is 2.13. The monoisotopic (exact) mass is 142 g/mol. The summed E-state index contributed by atoms with van der Waals surface area (Å²) in [5, 5.41) is 14.1. The maximum Gasteiger partial charge on any atom is 0.512 e. The molecule has 0 bridgehead atoms. The molecule has 1 aliphatic heterocycles. The van der Waals surface area contributed by atoms with Gasteiger partial charge in [0.25, 0.3) is 11.8 Å². The van der Waals surface area contributed by atoms with Gasteiger partial charge >= 0.3 is 6.16 Å². The molecule has 6 nitrogen and oxygen atoms in total. The number of rotatable bonds is 1. The first-order valence-electron chi connectivity index (χ1n) is 2.26. The summed E-state index contributed by atoms with van der Waals surface area (Å²) in [7, 11) is 0. The van der Waals surface area contributed by atoms with Gasteiger partial charge in [0.15, 0.2) is 0 Å². The molecule has 0 atom stereocenters. The molecule has 10 heavy (non-hydrogen) atoms. The lowest BCUT2D eigenvalue weighted by atomic mass is 10.6. The third-order valence-corrected chi connectivity index (χ3v) is 0.686. The number of hydrogen-bond donors (Lipinski definition) is 1. The largest absolute Gasteiger partial charge is 0.512 e. The summed E-state index contributed by atoms with van der Waals surface area (Å²) in [4.78, 5) is 20.0. The minimum absolute atomic E-state index is 0.294. The Hall–Kier alpha value is -1.72. The minimum Gasteiger partial charge on any atom is -0.449 e. The van der Waals surface area contributed by atoms with Gasteiger partial charge in [-0.1, -0.05) is 0 Å². The molecular formula is C4H2N2O4. The zero-order valence-corrected chi connectivity index (χ0v) is 4.64. The first kappa shape index (κ1) is 6.40. The van der Waals surface area contributed by atoms with Crippen molar-refractivity contribution in [3.05, 3.63) is 12.0 Å². The van der Waals surface area contributed by atoms with Crippen molar-refractivity contribution in [2.75, 3.05) is 0 Å². The highest BCUT2D eigenvalue weighted by Gasteiger charge is 2.11. The van der Waals surface area contributed by atoms with Crippen molar-refractivity contribution in [2.45, 2.75) is 0 Å². The van der Waals surface area contributed by atoms with E-state index in [0.717, 1.165) is 6.08 Å². The van der Waals surface area contributed by atoms with E-state index in [1.807, 2.05) is 0 Å². The second-order valence-corrected chi connectivity index (χ2v) is 1.39. The lowest BCUT2D eigenvalue weighted by Crippen LogP contribution is -1.96. The number of hydrogen-bond acceptors (Lipinski definition) is 4. The highest BCUT2D eigenvalue weighted by molar-refractivity contribution is 5.90. The van der Waals surface area contributed by atoms with Crippen LogP contribution in [0.25, 0.3) is 0 Å². The minimum atomic E-state index is -1.51. The molecule has 1 amide bonds. The van der Waals surface area contributed by atoms with E-state index in [4.69, 9.17) is 5.11 Å². The Morgan fingerprint density at radius 1 is 1.60 bits per heavy atom. The maximum atomic E-state index is 10.2. The van der Waals surface area contributed by atoms with Crippen molar-refractivity contribution < 1.29 is 19.4 Å². The van der Waals surface area contributed by atoms with Gasteiger partial charge in [-0.3, -0.25) is 4.79 Å². The van der Waals surface area contributed by atoms with Crippen LogP contribution >= 0.6 is 0 Å². The third-order valence-electron chi connectivity index (χ3n) is 0.686. The topological polar surface area (TPSA) is 88.3 Å². The van der Waals surface area contributed by atoms with Crippen molar-refractivity contribution >= 4 is 12.1 Å². The van der Waals surface area contributed by atoms with Crippen molar-refractivity contribution in [3.63, 3.8) is 0 Å². The predicted molar refractivity (Wildman–Crippen MR) is 27.1 cm³/mol. The van der Waals surface area contributed by atoms with Gasteiger partial charge in [0.2, 0.25) is 0 Å². The number of nitrogens with zero attached hydrogens (tertiary/aromatic N) is 2. The van der Waals surface area contributed by atoms with E-state index < -0.39 is 12.1 Å². The summed E-state index contributed by atoms with van der Waals surface area (Å²) in [5.74, 6) is -0.909. The summed E-state index contributed by atoms with van der Waals surface area (Å²) < 4.78 is 3.98. The highest BCUT2D eigenvalue weighted by atomic mass is 16.7. The first-order chi connectivity index (χ1) is 4.68. The van der Waals surface area contributed by atoms with Gasteiger partial charge < -0.3 is 9.84 Å². The average molecular weight is 142 g/mol. The van der Waals surface area contributed by atoms with Gasteiger partial charge in [-0.2, -0.15) is 0 Å². The second kappa shape index (κ2) is 2.26. The highest BCUT2D eigenvalue weighted by Crippen LogP contribution is 2.07. The van der Waals surface area contributed by atoms with E-state index in [9.17, 15) is 9.59 Å². The fraction of sp³-hybridized carbons (Fsp3) is 0. The van der Waals surface area contributed by atoms with Crippen LogP contribution in [0, 0.1) is 0 Å². The van der Waals surface area contributed by atoms with E-state index in [1.165, 1.54) is 0 Å². The Morgan fingerprint density at radius 3 is 2.70 bits per heavy atom. The van der Waals surface area contributed by atoms with Gasteiger partial charge in [-0.05, 0) is 0 Å². The molecule has 6 heteroatoms. The van der Waals surface area contributed by atoms with Crippen LogP contribution in [-0.4, -0.2) is 17.2 Å². The van der Waals surface area contributed by atoms with E-state index in [2.05, 4.69) is 15.0 Å². The molecule has 1 N–H and O–H groups in total. The van der Waals surface area contributed by atoms with Crippen LogP contribution in [0.15, 0.2) is 22.2 Å². The summed E-state index contributed by atoms with van der Waals surface area (Å²) in [6.45, 7) is 0. The molecule has 0 aromatic rings. The first-order valence-corrected chi connectivity index (χ1v) is 2.26. The van der Waals surface area contributed by atoms with Gasteiger partial charge in [-0.15, -0.1) is 10.2 Å². The standard InChI is InChI=1S/C4H2N2O4/c7-2-1-3(6-5-2)10-4(8)9/h1H,(H,8,9). The molecule has 0 aliphatic carbocycles. The molecule has 0 saturated carbocycles. The molecule has 1 heterocycles. The molecule has 0 aromatic heterocycles. The summed E-state index contributed by atoms with van der Waals surface area (Å²) in [6.07, 6.45) is -0.631. The number of amides is 1. The van der Waals surface area contributed by atoms with Crippen LogP contribution < -0.4 is 0 Å².